The molecule has 3 rings (SSSR count). The standard InChI is InChI=1S/C20H21ClF2N2O/c1-24-13-15(9-11-25(2)23)19-18(24)8-7-17(22)20(19)26-12-10-14-3-5-16(21)6-4-14/h3-8,13H,9-12H2,1-2H3. The summed E-state index contributed by atoms with van der Waals surface area (Å²) < 4.78 is 35.3. The van der Waals surface area contributed by atoms with Crippen LogP contribution in [0.3, 0.4) is 0 Å². The molecular weight excluding hydrogens is 358 g/mol. The third kappa shape index (κ3) is 4.17. The Balaban J connectivity index is 1.83. The number of halogens is 3. The molecule has 0 atom stereocenters. The van der Waals surface area contributed by atoms with Gasteiger partial charge in [0.1, 0.15) is 0 Å². The summed E-state index contributed by atoms with van der Waals surface area (Å²) in [5, 5.41) is 2.02. The molecule has 0 saturated carbocycles. The van der Waals surface area contributed by atoms with Crippen molar-refractivity contribution in [3.05, 3.63) is 64.6 Å². The summed E-state index contributed by atoms with van der Waals surface area (Å²) in [4.78, 5) is 0. The molecule has 6 heteroatoms. The topological polar surface area (TPSA) is 17.4 Å². The molecule has 0 saturated heterocycles. The molecule has 26 heavy (non-hydrogen) atoms. The minimum absolute atomic E-state index is 0.230. The molecule has 0 N–H and O–H groups in total. The number of fused-ring (bicyclic) bond motifs is 1. The van der Waals surface area contributed by atoms with E-state index in [0.29, 0.717) is 35.0 Å². The van der Waals surface area contributed by atoms with Gasteiger partial charge in [-0.05, 0) is 41.8 Å². The maximum atomic E-state index is 14.5. The van der Waals surface area contributed by atoms with Crippen molar-refractivity contribution in [1.29, 1.82) is 0 Å². The maximum absolute atomic E-state index is 14.5. The van der Waals surface area contributed by atoms with Gasteiger partial charge in [0.2, 0.25) is 0 Å². The molecule has 138 valence electrons. The van der Waals surface area contributed by atoms with Crippen LogP contribution in [0.2, 0.25) is 5.02 Å². The van der Waals surface area contributed by atoms with Crippen LogP contribution >= 0.6 is 11.6 Å². The van der Waals surface area contributed by atoms with Gasteiger partial charge >= 0.3 is 0 Å². The lowest BCUT2D eigenvalue weighted by atomic mass is 10.1. The van der Waals surface area contributed by atoms with E-state index in [4.69, 9.17) is 16.3 Å². The Labute approximate surface area is 156 Å². The highest BCUT2D eigenvalue weighted by molar-refractivity contribution is 6.30. The molecule has 0 aliphatic rings. The van der Waals surface area contributed by atoms with Crippen molar-refractivity contribution >= 4 is 22.5 Å². The Morgan fingerprint density at radius 2 is 1.85 bits per heavy atom. The van der Waals surface area contributed by atoms with E-state index in [9.17, 15) is 8.87 Å². The van der Waals surface area contributed by atoms with E-state index in [-0.39, 0.29) is 12.3 Å². The molecule has 0 spiro atoms. The molecule has 0 amide bonds. The van der Waals surface area contributed by atoms with E-state index in [1.54, 1.807) is 6.07 Å². The molecule has 0 unspecified atom stereocenters. The number of aryl methyl sites for hydroxylation is 1. The number of hydrogen-bond donors (Lipinski definition) is 0. The van der Waals surface area contributed by atoms with Gasteiger partial charge in [0.05, 0.1) is 12.1 Å². The van der Waals surface area contributed by atoms with E-state index in [1.807, 2.05) is 42.1 Å². The SMILES string of the molecule is CN(F)CCc1cn(C)c2ccc(F)c(OCCc3ccc(Cl)cc3)c12. The van der Waals surface area contributed by atoms with Gasteiger partial charge in [-0.2, -0.15) is 0 Å². The number of ether oxygens (including phenoxy) is 1. The van der Waals surface area contributed by atoms with E-state index in [2.05, 4.69) is 0 Å². The monoisotopic (exact) mass is 378 g/mol. The molecule has 0 aliphatic carbocycles. The van der Waals surface area contributed by atoms with E-state index in [1.165, 1.54) is 13.1 Å². The second-order valence-electron chi connectivity index (χ2n) is 6.34. The molecule has 0 aliphatic heterocycles. The van der Waals surface area contributed by atoms with Crippen LogP contribution in [-0.2, 0) is 19.9 Å². The van der Waals surface area contributed by atoms with Crippen molar-refractivity contribution in [1.82, 2.24) is 9.69 Å². The highest BCUT2D eigenvalue weighted by atomic mass is 35.5. The van der Waals surface area contributed by atoms with Crippen molar-refractivity contribution in [3.8, 4) is 5.75 Å². The predicted octanol–water partition coefficient (Wildman–Crippen LogP) is 4.95. The minimum Gasteiger partial charge on any atom is -0.489 e. The fraction of sp³-hybridized carbons (Fsp3) is 0.300. The largest absolute Gasteiger partial charge is 0.489 e. The molecule has 0 bridgehead atoms. The number of aromatic nitrogens is 1. The first-order valence-electron chi connectivity index (χ1n) is 8.46. The van der Waals surface area contributed by atoms with Crippen molar-refractivity contribution in [2.45, 2.75) is 12.8 Å². The molecule has 3 aromatic rings. The van der Waals surface area contributed by atoms with Crippen molar-refractivity contribution < 1.29 is 13.6 Å². The van der Waals surface area contributed by atoms with Gasteiger partial charge in [0.15, 0.2) is 11.6 Å². The molecule has 2 aromatic carbocycles. The summed E-state index contributed by atoms with van der Waals surface area (Å²) in [6.07, 6.45) is 3.02. The Kier molecular flexibility index (Phi) is 5.79. The fourth-order valence-corrected chi connectivity index (χ4v) is 3.17. The Morgan fingerprint density at radius 1 is 1.12 bits per heavy atom. The summed E-state index contributed by atoms with van der Waals surface area (Å²) in [5.74, 6) is -0.178. The second kappa shape index (κ2) is 8.06. The number of benzene rings is 2. The van der Waals surface area contributed by atoms with Gasteiger partial charge in [-0.3, -0.25) is 0 Å². The van der Waals surface area contributed by atoms with Crippen molar-refractivity contribution in [2.24, 2.45) is 7.05 Å². The lowest BCUT2D eigenvalue weighted by Crippen LogP contribution is -2.10. The van der Waals surface area contributed by atoms with Gasteiger partial charge < -0.3 is 9.30 Å². The van der Waals surface area contributed by atoms with E-state index in [0.717, 1.165) is 16.6 Å². The number of nitrogens with zero attached hydrogens (tertiary/aromatic N) is 2. The van der Waals surface area contributed by atoms with Crippen LogP contribution in [0.15, 0.2) is 42.6 Å². The first kappa shape index (κ1) is 18.7. The summed E-state index contributed by atoms with van der Waals surface area (Å²) in [7, 11) is 3.26. The highest BCUT2D eigenvalue weighted by Crippen LogP contribution is 2.33. The van der Waals surface area contributed by atoms with Crippen LogP contribution < -0.4 is 4.74 Å². The number of hydrogen-bond acceptors (Lipinski definition) is 2. The first-order valence-corrected chi connectivity index (χ1v) is 8.84. The smallest absolute Gasteiger partial charge is 0.165 e. The summed E-state index contributed by atoms with van der Waals surface area (Å²) in [6.45, 7) is 0.578. The molecule has 0 fully saturated rings. The molecule has 1 aromatic heterocycles. The average Bonchev–Trinajstić information content (AvgIpc) is 2.93. The van der Waals surface area contributed by atoms with Gasteiger partial charge in [0.25, 0.3) is 0 Å². The van der Waals surface area contributed by atoms with Gasteiger partial charge in [-0.15, -0.1) is 9.60 Å². The second-order valence-corrected chi connectivity index (χ2v) is 6.78. The van der Waals surface area contributed by atoms with Crippen LogP contribution in [0, 0.1) is 5.82 Å². The average molecular weight is 379 g/mol. The fourth-order valence-electron chi connectivity index (χ4n) is 3.05. The number of likely N-dealkylation sites (N-methyl/N-ethyl adjacent to an activating group) is 1. The predicted molar refractivity (Wildman–Crippen MR) is 101 cm³/mol. The highest BCUT2D eigenvalue weighted by Gasteiger charge is 2.16. The van der Waals surface area contributed by atoms with Crippen molar-refractivity contribution in [2.75, 3.05) is 20.2 Å². The lowest BCUT2D eigenvalue weighted by Gasteiger charge is -2.11. The zero-order valence-corrected chi connectivity index (χ0v) is 15.6. The van der Waals surface area contributed by atoms with Crippen LogP contribution in [0.1, 0.15) is 11.1 Å². The lowest BCUT2D eigenvalue weighted by molar-refractivity contribution is 0.0618. The third-order valence-electron chi connectivity index (χ3n) is 4.38. The molecule has 0 radical (unpaired) electrons. The molecule has 1 heterocycles. The minimum atomic E-state index is -0.408. The Morgan fingerprint density at radius 3 is 2.54 bits per heavy atom. The van der Waals surface area contributed by atoms with Crippen LogP contribution in [0.4, 0.5) is 8.87 Å². The van der Waals surface area contributed by atoms with Gasteiger partial charge in [-0.25, -0.2) is 4.39 Å². The van der Waals surface area contributed by atoms with Gasteiger partial charge in [-0.1, -0.05) is 23.7 Å². The molecule has 3 nitrogen and oxygen atoms in total. The number of rotatable bonds is 7. The molecular formula is C20H21ClF2N2O. The van der Waals surface area contributed by atoms with Crippen LogP contribution in [0.5, 0.6) is 5.75 Å². The summed E-state index contributed by atoms with van der Waals surface area (Å²) >= 11 is 5.89. The Bertz CT molecular complexity index is 891. The first-order chi connectivity index (χ1) is 12.5. The summed E-state index contributed by atoms with van der Waals surface area (Å²) in [5.41, 5.74) is 2.80. The van der Waals surface area contributed by atoms with E-state index >= 15 is 0 Å². The van der Waals surface area contributed by atoms with Crippen molar-refractivity contribution in [3.63, 3.8) is 0 Å². The van der Waals surface area contributed by atoms with E-state index < -0.39 is 5.82 Å². The maximum Gasteiger partial charge on any atom is 0.165 e. The van der Waals surface area contributed by atoms with Crippen LogP contribution in [-0.4, -0.2) is 29.9 Å². The van der Waals surface area contributed by atoms with Crippen LogP contribution in [0.25, 0.3) is 10.9 Å². The van der Waals surface area contributed by atoms with Gasteiger partial charge in [0, 0.05) is 43.7 Å². The zero-order valence-electron chi connectivity index (χ0n) is 14.8. The third-order valence-corrected chi connectivity index (χ3v) is 4.63. The normalized spacial score (nSPS) is 11.5. The Hall–Kier alpha value is -2.11. The zero-order chi connectivity index (χ0) is 18.7. The summed E-state index contributed by atoms with van der Waals surface area (Å²) in [6, 6.07) is 10.6. The quantitative estimate of drug-likeness (QED) is 0.541.